The fraction of sp³-hybridized carbons (Fsp3) is 0.308. The second-order valence-corrected chi connectivity index (χ2v) is 3.04. The van der Waals surface area contributed by atoms with Gasteiger partial charge in [0.25, 0.3) is 0 Å². The fourth-order valence-electron chi connectivity index (χ4n) is 1.18. The molecule has 3 heteroatoms. The summed E-state index contributed by atoms with van der Waals surface area (Å²) in [4.78, 5) is 4.34. The Kier molecular flexibility index (Phi) is 16.4. The van der Waals surface area contributed by atoms with Crippen LogP contribution in [0.15, 0.2) is 37.7 Å². The molecule has 0 fully saturated rings. The molecule has 0 atom stereocenters. The van der Waals surface area contributed by atoms with Gasteiger partial charge in [0.1, 0.15) is 0 Å². The molecule has 0 spiro atoms. The molecule has 16 heavy (non-hydrogen) atoms. The van der Waals surface area contributed by atoms with Crippen molar-refractivity contribution in [3.05, 3.63) is 59.2 Å². The predicted molar refractivity (Wildman–Crippen MR) is 69.3 cm³/mol. The second-order valence-electron chi connectivity index (χ2n) is 3.04. The summed E-state index contributed by atoms with van der Waals surface area (Å²) < 4.78 is 0. The third-order valence-corrected chi connectivity index (χ3v) is 1.93. The molecule has 0 N–H and O–H groups in total. The molecule has 0 aliphatic carbocycles. The summed E-state index contributed by atoms with van der Waals surface area (Å²) in [6.45, 7) is 11.6. The molecule has 0 amide bonds. The van der Waals surface area contributed by atoms with Crippen LogP contribution in [-0.2, 0) is 21.1 Å². The van der Waals surface area contributed by atoms with Crippen LogP contribution in [-0.4, -0.2) is 22.9 Å². The van der Waals surface area contributed by atoms with E-state index in [9.17, 15) is 0 Å². The van der Waals surface area contributed by atoms with Gasteiger partial charge in [-0.1, -0.05) is 12.2 Å². The monoisotopic (exact) mass is 402 g/mol. The van der Waals surface area contributed by atoms with Crippen molar-refractivity contribution in [1.82, 2.24) is 9.80 Å². The van der Waals surface area contributed by atoms with Crippen molar-refractivity contribution in [1.29, 1.82) is 0 Å². The van der Waals surface area contributed by atoms with Crippen molar-refractivity contribution >= 4 is 0 Å². The number of hydrogen-bond donors (Lipinski definition) is 0. The molecular formula is C13H23N2Pt-3. The van der Waals surface area contributed by atoms with E-state index < -0.39 is 0 Å². The summed E-state index contributed by atoms with van der Waals surface area (Å²) in [5.74, 6) is 0. The molecule has 0 unspecified atom stereocenters. The van der Waals surface area contributed by atoms with Crippen LogP contribution in [0.3, 0.4) is 0 Å². The van der Waals surface area contributed by atoms with Crippen molar-refractivity contribution in [2.75, 3.05) is 13.1 Å². The van der Waals surface area contributed by atoms with Crippen LogP contribution >= 0.6 is 0 Å². The van der Waals surface area contributed by atoms with Gasteiger partial charge in [-0.05, 0) is 38.3 Å². The van der Waals surface area contributed by atoms with E-state index in [1.807, 2.05) is 12.2 Å². The van der Waals surface area contributed by atoms with E-state index in [-0.39, 0.29) is 35.9 Å². The van der Waals surface area contributed by atoms with E-state index in [2.05, 4.69) is 42.0 Å². The van der Waals surface area contributed by atoms with Gasteiger partial charge in [-0.25, -0.2) is 0 Å². The van der Waals surface area contributed by atoms with Gasteiger partial charge in [-0.15, -0.1) is 13.2 Å². The maximum atomic E-state index is 3.70. The summed E-state index contributed by atoms with van der Waals surface area (Å²) in [7, 11) is 0. The van der Waals surface area contributed by atoms with Gasteiger partial charge >= 0.3 is 0 Å². The molecule has 98 valence electrons. The second kappa shape index (κ2) is 12.6. The van der Waals surface area contributed by atoms with E-state index in [4.69, 9.17) is 0 Å². The Bertz CT molecular complexity index is 182. The molecule has 0 radical (unpaired) electrons. The molecule has 1 aliphatic rings. The fourth-order valence-corrected chi connectivity index (χ4v) is 1.18. The third kappa shape index (κ3) is 7.76. The zero-order valence-electron chi connectivity index (χ0n) is 10.3. The van der Waals surface area contributed by atoms with Gasteiger partial charge < -0.3 is 24.7 Å². The molecule has 0 saturated heterocycles. The van der Waals surface area contributed by atoms with Crippen LogP contribution in [0.5, 0.6) is 0 Å². The first kappa shape index (κ1) is 20.9. The summed E-state index contributed by atoms with van der Waals surface area (Å²) in [5, 5.41) is 0. The van der Waals surface area contributed by atoms with Crippen LogP contribution in [0.4, 0.5) is 0 Å². The number of nitrogens with zero attached hydrogens (tertiary/aromatic N) is 2. The van der Waals surface area contributed by atoms with Gasteiger partial charge in [0.15, 0.2) is 0 Å². The Morgan fingerprint density at radius 3 is 1.62 bits per heavy atom. The molecular weight excluding hydrogens is 379 g/mol. The maximum Gasteiger partial charge on any atom is 0 e. The van der Waals surface area contributed by atoms with Gasteiger partial charge in [-0.3, -0.25) is 0 Å². The van der Waals surface area contributed by atoms with Crippen LogP contribution in [0.2, 0.25) is 0 Å². The normalized spacial score (nSPS) is 12.2. The van der Waals surface area contributed by atoms with E-state index >= 15 is 0 Å². The summed E-state index contributed by atoms with van der Waals surface area (Å²) in [6.07, 6.45) is 10.1. The average molecular weight is 402 g/mol. The molecule has 0 aromatic rings. The van der Waals surface area contributed by atoms with Crippen LogP contribution in [0, 0.1) is 21.5 Å². The van der Waals surface area contributed by atoms with Crippen LogP contribution in [0.25, 0.3) is 0 Å². The van der Waals surface area contributed by atoms with Crippen molar-refractivity contribution in [2.24, 2.45) is 0 Å². The Balaban J connectivity index is -0.000000563. The van der Waals surface area contributed by atoms with Crippen LogP contribution in [0.1, 0.15) is 12.8 Å². The molecule has 0 bridgehead atoms. The minimum absolute atomic E-state index is 0. The van der Waals surface area contributed by atoms with E-state index in [1.165, 1.54) is 0 Å². The first-order valence-corrected chi connectivity index (χ1v) is 4.63. The molecule has 0 saturated carbocycles. The van der Waals surface area contributed by atoms with Crippen molar-refractivity contribution in [3.63, 3.8) is 0 Å². The van der Waals surface area contributed by atoms with Crippen molar-refractivity contribution in [3.8, 4) is 0 Å². The van der Waals surface area contributed by atoms with E-state index in [0.717, 1.165) is 25.9 Å². The van der Waals surface area contributed by atoms with Gasteiger partial charge in [0.2, 0.25) is 0 Å². The zero-order valence-corrected chi connectivity index (χ0v) is 12.6. The quantitative estimate of drug-likeness (QED) is 0.497. The van der Waals surface area contributed by atoms with Gasteiger partial charge in [0, 0.05) is 21.1 Å². The summed E-state index contributed by atoms with van der Waals surface area (Å²) >= 11 is 0. The van der Waals surface area contributed by atoms with E-state index in [0.29, 0.717) is 0 Å². The van der Waals surface area contributed by atoms with E-state index in [1.54, 1.807) is 0 Å². The minimum Gasteiger partial charge on any atom is -0.508 e. The zero-order chi connectivity index (χ0) is 9.52. The molecule has 0 aromatic carbocycles. The largest absolute Gasteiger partial charge is 0.508 e. The van der Waals surface area contributed by atoms with Gasteiger partial charge in [-0.2, -0.15) is 6.67 Å². The predicted octanol–water partition coefficient (Wildman–Crippen LogP) is 3.24. The van der Waals surface area contributed by atoms with Crippen LogP contribution < -0.4 is 0 Å². The molecule has 2 nitrogen and oxygen atoms in total. The summed E-state index contributed by atoms with van der Waals surface area (Å²) in [5.41, 5.74) is 0. The molecule has 1 heterocycles. The Morgan fingerprint density at radius 1 is 0.938 bits per heavy atom. The number of rotatable bonds is 6. The smallest absolute Gasteiger partial charge is 0 e. The van der Waals surface area contributed by atoms with Crippen molar-refractivity contribution < 1.29 is 21.1 Å². The first-order valence-electron chi connectivity index (χ1n) is 4.63. The summed E-state index contributed by atoms with van der Waals surface area (Å²) in [6, 6.07) is 0. The van der Waals surface area contributed by atoms with Gasteiger partial charge in [0.05, 0.1) is 0 Å². The topological polar surface area (TPSA) is 6.48 Å². The standard InChI is InChI=1S/C11H17N2.2CH3.Pt/c1-3-5-7-12-9-10-13(11-12)8-6-4-2;;;/h3-4,9-11H,1-2,5-8H2;2*1H3;/q3*-1;. The molecule has 1 rings (SSSR count). The minimum atomic E-state index is 0. The Hall–Kier alpha value is -0.492. The Morgan fingerprint density at radius 2 is 1.31 bits per heavy atom. The molecule has 0 aromatic heterocycles. The first-order chi connectivity index (χ1) is 6.36. The number of hydrogen-bond acceptors (Lipinski definition) is 2. The average Bonchev–Trinajstić information content (AvgIpc) is 2.59. The Labute approximate surface area is 116 Å². The molecule has 1 aliphatic heterocycles. The van der Waals surface area contributed by atoms with Crippen molar-refractivity contribution in [2.45, 2.75) is 12.8 Å². The maximum absolute atomic E-state index is 3.70. The third-order valence-electron chi connectivity index (χ3n) is 1.93. The SMILES string of the molecule is C=CCCN1C=CN(CCC=C)[CH-]1.[CH3-].[CH3-].[Pt].